The summed E-state index contributed by atoms with van der Waals surface area (Å²) >= 11 is 0. The number of carbonyl (C=O) groups excluding carboxylic acids is 3. The molecule has 8 heterocycles. The standard InChI is InChI=1S/C30H32F2N12O4/c31-27(32)26-22(36-29(46)21-11-35-43-8-3-23(37-28(21)43)42-14-20-9-19(42)16-48-20)15-44(39-26)18-1-5-40(6-2-18)13-17-10-34-24(12-33-17)41-7-4-25(45)38-30(41)47/h3,8,10-12,15,18-20,27H,1-2,4-7,9,13-14,16H2,(H,36,46)(H,38,45,47)/t19-,20-/m1/s1. The molecule has 18 heteroatoms. The lowest BCUT2D eigenvalue weighted by Gasteiger charge is -2.31. The van der Waals surface area contributed by atoms with E-state index in [1.54, 1.807) is 12.4 Å². The number of piperidine rings is 1. The molecule has 8 rings (SSSR count). The lowest BCUT2D eigenvalue weighted by Crippen LogP contribution is -2.50. The van der Waals surface area contributed by atoms with Gasteiger partial charge in [-0.05, 0) is 25.3 Å². The fraction of sp³-hybridized carbons (Fsp3) is 0.467. The van der Waals surface area contributed by atoms with E-state index in [1.165, 1.54) is 32.7 Å². The molecule has 4 aliphatic heterocycles. The number of nitrogens with one attached hydrogen (secondary N) is 2. The van der Waals surface area contributed by atoms with Gasteiger partial charge < -0.3 is 15.0 Å². The summed E-state index contributed by atoms with van der Waals surface area (Å²) in [5, 5.41) is 13.3. The van der Waals surface area contributed by atoms with E-state index in [0.717, 1.165) is 18.8 Å². The molecule has 4 fully saturated rings. The summed E-state index contributed by atoms with van der Waals surface area (Å²) in [7, 11) is 0. The van der Waals surface area contributed by atoms with E-state index in [9.17, 15) is 23.2 Å². The first-order valence-electron chi connectivity index (χ1n) is 15.8. The van der Waals surface area contributed by atoms with Crippen LogP contribution in [-0.2, 0) is 16.1 Å². The van der Waals surface area contributed by atoms with Crippen molar-refractivity contribution in [2.75, 3.05) is 47.9 Å². The number of urea groups is 1. The molecule has 0 spiro atoms. The van der Waals surface area contributed by atoms with Gasteiger partial charge in [-0.2, -0.15) is 10.2 Å². The van der Waals surface area contributed by atoms with Crippen LogP contribution >= 0.6 is 0 Å². The van der Waals surface area contributed by atoms with E-state index in [-0.39, 0.29) is 48.3 Å². The number of aromatic nitrogens is 7. The van der Waals surface area contributed by atoms with Gasteiger partial charge in [-0.25, -0.2) is 28.1 Å². The maximum atomic E-state index is 14.1. The van der Waals surface area contributed by atoms with Crippen LogP contribution < -0.4 is 20.4 Å². The Morgan fingerprint density at radius 2 is 1.94 bits per heavy atom. The second-order valence-electron chi connectivity index (χ2n) is 12.4. The van der Waals surface area contributed by atoms with E-state index in [2.05, 4.69) is 40.6 Å². The largest absolute Gasteiger partial charge is 0.374 e. The van der Waals surface area contributed by atoms with E-state index in [0.29, 0.717) is 56.2 Å². The molecular formula is C30H32F2N12O4. The normalized spacial score (nSPS) is 21.9. The zero-order valence-electron chi connectivity index (χ0n) is 25.7. The Morgan fingerprint density at radius 1 is 1.08 bits per heavy atom. The topological polar surface area (TPSA) is 168 Å². The molecule has 4 aliphatic rings. The van der Waals surface area contributed by atoms with Gasteiger partial charge >= 0.3 is 6.03 Å². The third-order valence-electron chi connectivity index (χ3n) is 9.35. The number of amides is 4. The van der Waals surface area contributed by atoms with E-state index >= 15 is 0 Å². The number of fused-ring (bicyclic) bond motifs is 3. The molecule has 2 bridgehead atoms. The lowest BCUT2D eigenvalue weighted by atomic mass is 10.1. The number of nitrogens with zero attached hydrogens (tertiary/aromatic N) is 10. The summed E-state index contributed by atoms with van der Waals surface area (Å²) in [4.78, 5) is 56.1. The second-order valence-corrected chi connectivity index (χ2v) is 12.4. The monoisotopic (exact) mass is 662 g/mol. The summed E-state index contributed by atoms with van der Waals surface area (Å²) in [6.45, 7) is 3.46. The molecular weight excluding hydrogens is 630 g/mol. The highest BCUT2D eigenvalue weighted by molar-refractivity contribution is 6.08. The van der Waals surface area contributed by atoms with Gasteiger partial charge in [0.2, 0.25) is 5.91 Å². The molecule has 0 saturated carbocycles. The molecule has 2 N–H and O–H groups in total. The number of likely N-dealkylation sites (tertiary alicyclic amines) is 1. The molecule has 4 saturated heterocycles. The summed E-state index contributed by atoms with van der Waals surface area (Å²) in [5.74, 6) is 0.167. The maximum absolute atomic E-state index is 14.1. The van der Waals surface area contributed by atoms with Crippen LogP contribution in [0.2, 0.25) is 0 Å². The summed E-state index contributed by atoms with van der Waals surface area (Å²) in [6, 6.07) is 1.42. The first-order chi connectivity index (χ1) is 23.3. The van der Waals surface area contributed by atoms with Crippen LogP contribution in [0.5, 0.6) is 0 Å². The quantitative estimate of drug-likeness (QED) is 0.284. The van der Waals surface area contributed by atoms with Gasteiger partial charge in [-0.15, -0.1) is 0 Å². The SMILES string of the molecule is O=C1CCN(c2cnc(CN3CCC(n4cc(NC(=O)c5cnn6ccc(N7C[C@H]8C[C@@H]7CO8)nc56)c(C(F)F)n4)CC3)cn2)C(=O)N1. The molecule has 2 atom stereocenters. The summed E-state index contributed by atoms with van der Waals surface area (Å²) < 4.78 is 36.9. The van der Waals surface area contributed by atoms with Crippen molar-refractivity contribution < 1.29 is 27.9 Å². The highest BCUT2D eigenvalue weighted by atomic mass is 19.3. The average Bonchev–Trinajstić information content (AvgIpc) is 3.89. The van der Waals surface area contributed by atoms with Gasteiger partial charge in [0.15, 0.2) is 17.2 Å². The summed E-state index contributed by atoms with van der Waals surface area (Å²) in [6.07, 6.45) is 7.43. The number of halogens is 2. The Morgan fingerprint density at radius 3 is 2.65 bits per heavy atom. The van der Waals surface area contributed by atoms with Crippen LogP contribution in [0.3, 0.4) is 0 Å². The van der Waals surface area contributed by atoms with E-state index in [1.807, 2.05) is 6.07 Å². The molecule has 0 radical (unpaired) electrons. The molecule has 48 heavy (non-hydrogen) atoms. The lowest BCUT2D eigenvalue weighted by molar-refractivity contribution is -0.120. The number of hydrogen-bond acceptors (Lipinski definition) is 11. The van der Waals surface area contributed by atoms with E-state index < -0.39 is 24.1 Å². The number of alkyl halides is 2. The average molecular weight is 663 g/mol. The molecule has 16 nitrogen and oxygen atoms in total. The second kappa shape index (κ2) is 12.2. The van der Waals surface area contributed by atoms with Crippen molar-refractivity contribution in [3.63, 3.8) is 0 Å². The predicted molar refractivity (Wildman–Crippen MR) is 165 cm³/mol. The molecule has 4 aromatic rings. The fourth-order valence-corrected chi connectivity index (χ4v) is 6.82. The highest BCUT2D eigenvalue weighted by Crippen LogP contribution is 2.33. The predicted octanol–water partition coefficient (Wildman–Crippen LogP) is 2.17. The Labute approximate surface area is 272 Å². The third kappa shape index (κ3) is 5.70. The molecule has 0 aliphatic carbocycles. The third-order valence-corrected chi connectivity index (χ3v) is 9.35. The van der Waals surface area contributed by atoms with Crippen LogP contribution in [0, 0.1) is 0 Å². The first-order valence-corrected chi connectivity index (χ1v) is 15.8. The van der Waals surface area contributed by atoms with Gasteiger partial charge in [-0.3, -0.25) is 34.4 Å². The number of rotatable bonds is 8. The Balaban J connectivity index is 0.910. The smallest absolute Gasteiger partial charge is 0.329 e. The maximum Gasteiger partial charge on any atom is 0.329 e. The number of morpholine rings is 1. The number of hydrogen-bond donors (Lipinski definition) is 2. The molecule has 250 valence electrons. The van der Waals surface area contributed by atoms with Crippen LogP contribution in [0.15, 0.2) is 37.1 Å². The fourth-order valence-electron chi connectivity index (χ4n) is 6.82. The van der Waals surface area contributed by atoms with Crippen molar-refractivity contribution in [3.8, 4) is 0 Å². The number of imide groups is 1. The molecule has 4 aromatic heterocycles. The van der Waals surface area contributed by atoms with Crippen molar-refractivity contribution in [1.82, 2.24) is 44.6 Å². The van der Waals surface area contributed by atoms with Crippen molar-refractivity contribution >= 4 is 40.8 Å². The first kappa shape index (κ1) is 30.2. The van der Waals surface area contributed by atoms with Gasteiger partial charge in [0, 0.05) is 51.5 Å². The minimum absolute atomic E-state index is 0.0518. The van der Waals surface area contributed by atoms with Crippen molar-refractivity contribution in [1.29, 1.82) is 0 Å². The Bertz CT molecular complexity index is 1870. The molecule has 0 unspecified atom stereocenters. The minimum atomic E-state index is -2.89. The van der Waals surface area contributed by atoms with Gasteiger partial charge in [0.25, 0.3) is 12.3 Å². The van der Waals surface area contributed by atoms with Gasteiger partial charge in [0.1, 0.15) is 11.4 Å². The minimum Gasteiger partial charge on any atom is -0.374 e. The zero-order valence-corrected chi connectivity index (χ0v) is 25.7. The van der Waals surface area contributed by atoms with E-state index in [4.69, 9.17) is 9.72 Å². The number of anilines is 3. The van der Waals surface area contributed by atoms with Gasteiger partial charge in [0.05, 0.1) is 54.8 Å². The van der Waals surface area contributed by atoms with Gasteiger partial charge in [-0.1, -0.05) is 0 Å². The molecule has 0 aromatic carbocycles. The van der Waals surface area contributed by atoms with Crippen molar-refractivity contribution in [3.05, 3.63) is 54.0 Å². The zero-order chi connectivity index (χ0) is 32.9. The Kier molecular flexibility index (Phi) is 7.67. The summed E-state index contributed by atoms with van der Waals surface area (Å²) in [5.41, 5.74) is 0.671. The molecule has 4 amide bonds. The van der Waals surface area contributed by atoms with Crippen molar-refractivity contribution in [2.45, 2.75) is 56.8 Å². The van der Waals surface area contributed by atoms with Crippen LogP contribution in [0.4, 0.5) is 30.9 Å². The number of ether oxygens (including phenoxy) is 1. The van der Waals surface area contributed by atoms with Crippen LogP contribution in [-0.4, -0.2) is 102 Å². The Hall–Kier alpha value is -5.10. The van der Waals surface area contributed by atoms with Crippen LogP contribution in [0.25, 0.3) is 5.65 Å². The van der Waals surface area contributed by atoms with Crippen LogP contribution in [0.1, 0.15) is 59.9 Å². The van der Waals surface area contributed by atoms with Crippen molar-refractivity contribution in [2.24, 2.45) is 0 Å². The highest BCUT2D eigenvalue weighted by Gasteiger charge is 2.40. The number of carbonyl (C=O) groups is 3.